The maximum absolute atomic E-state index is 13.5. The van der Waals surface area contributed by atoms with E-state index in [-0.39, 0.29) is 18.1 Å². The van der Waals surface area contributed by atoms with Crippen molar-refractivity contribution < 1.29 is 14.3 Å². The SMILES string of the molecule is Cn1c(=O)n(CC(=O)N(Cc2cccs2)c2ccc3c(c2)OCCO3)c2ccccc21. The summed E-state index contributed by atoms with van der Waals surface area (Å²) in [6, 6.07) is 16.9. The monoisotopic (exact) mass is 435 g/mol. The summed E-state index contributed by atoms with van der Waals surface area (Å²) in [6.45, 7) is 1.34. The van der Waals surface area contributed by atoms with Gasteiger partial charge < -0.3 is 14.4 Å². The molecule has 0 saturated carbocycles. The van der Waals surface area contributed by atoms with Gasteiger partial charge in [-0.3, -0.25) is 13.9 Å². The average Bonchev–Trinajstić information content (AvgIpc) is 3.40. The molecule has 0 radical (unpaired) electrons. The fourth-order valence-corrected chi connectivity index (χ4v) is 4.51. The van der Waals surface area contributed by atoms with Crippen LogP contribution in [0.1, 0.15) is 4.88 Å². The molecule has 0 fully saturated rings. The number of fused-ring (bicyclic) bond motifs is 2. The summed E-state index contributed by atoms with van der Waals surface area (Å²) in [5, 5.41) is 1.98. The number of carbonyl (C=O) groups excluding carboxylic acids is 1. The predicted octanol–water partition coefficient (Wildman–Crippen LogP) is 3.41. The molecule has 0 N–H and O–H groups in total. The lowest BCUT2D eigenvalue weighted by atomic mass is 10.2. The molecule has 5 rings (SSSR count). The van der Waals surface area contributed by atoms with E-state index in [2.05, 4.69) is 0 Å². The first-order chi connectivity index (χ1) is 15.1. The lowest BCUT2D eigenvalue weighted by Gasteiger charge is -2.25. The molecule has 4 aromatic rings. The minimum atomic E-state index is -0.215. The molecule has 3 heterocycles. The van der Waals surface area contributed by atoms with E-state index in [0.29, 0.717) is 36.9 Å². The summed E-state index contributed by atoms with van der Waals surface area (Å²) in [7, 11) is 1.72. The maximum atomic E-state index is 13.5. The van der Waals surface area contributed by atoms with Gasteiger partial charge in [0, 0.05) is 23.7 Å². The molecule has 0 saturated heterocycles. The number of nitrogens with zero attached hydrogens (tertiary/aromatic N) is 3. The number of aromatic nitrogens is 2. The van der Waals surface area contributed by atoms with E-state index in [0.717, 1.165) is 15.9 Å². The van der Waals surface area contributed by atoms with E-state index < -0.39 is 0 Å². The molecule has 7 nitrogen and oxygen atoms in total. The van der Waals surface area contributed by atoms with Crippen LogP contribution in [-0.2, 0) is 24.9 Å². The smallest absolute Gasteiger partial charge is 0.329 e. The normalized spacial score (nSPS) is 12.8. The molecule has 2 aromatic heterocycles. The molecule has 1 aliphatic rings. The van der Waals surface area contributed by atoms with Crippen LogP contribution in [0, 0.1) is 0 Å². The fraction of sp³-hybridized carbons (Fsp3) is 0.217. The topological polar surface area (TPSA) is 65.7 Å². The van der Waals surface area contributed by atoms with Gasteiger partial charge in [-0.2, -0.15) is 0 Å². The van der Waals surface area contributed by atoms with E-state index >= 15 is 0 Å². The van der Waals surface area contributed by atoms with E-state index in [1.807, 2.05) is 60.0 Å². The summed E-state index contributed by atoms with van der Waals surface area (Å²) in [5.41, 5.74) is 2.02. The third-order valence-corrected chi connectivity index (χ3v) is 6.24. The Morgan fingerprint density at radius 1 is 1.03 bits per heavy atom. The molecule has 0 aliphatic carbocycles. The van der Waals surface area contributed by atoms with Gasteiger partial charge in [-0.25, -0.2) is 4.79 Å². The van der Waals surface area contributed by atoms with Crippen LogP contribution >= 0.6 is 11.3 Å². The van der Waals surface area contributed by atoms with E-state index in [9.17, 15) is 9.59 Å². The summed E-state index contributed by atoms with van der Waals surface area (Å²) in [6.07, 6.45) is 0. The van der Waals surface area contributed by atoms with Crippen molar-refractivity contribution in [2.45, 2.75) is 13.1 Å². The first-order valence-electron chi connectivity index (χ1n) is 9.98. The van der Waals surface area contributed by atoms with Crippen LogP contribution in [0.3, 0.4) is 0 Å². The highest BCUT2D eigenvalue weighted by molar-refractivity contribution is 7.09. The minimum absolute atomic E-state index is 0.0556. The highest BCUT2D eigenvalue weighted by atomic mass is 32.1. The Bertz CT molecular complexity index is 1310. The molecule has 0 bridgehead atoms. The molecule has 31 heavy (non-hydrogen) atoms. The van der Waals surface area contributed by atoms with E-state index in [4.69, 9.17) is 9.47 Å². The Hall–Kier alpha value is -3.52. The third-order valence-electron chi connectivity index (χ3n) is 5.38. The van der Waals surface area contributed by atoms with Crippen molar-refractivity contribution in [3.05, 3.63) is 75.3 Å². The zero-order valence-electron chi connectivity index (χ0n) is 17.0. The molecule has 1 aliphatic heterocycles. The summed E-state index contributed by atoms with van der Waals surface area (Å²) < 4.78 is 14.4. The Morgan fingerprint density at radius 3 is 2.58 bits per heavy atom. The number of carbonyl (C=O) groups is 1. The number of hydrogen-bond acceptors (Lipinski definition) is 5. The van der Waals surface area contributed by atoms with Crippen molar-refractivity contribution in [3.8, 4) is 11.5 Å². The van der Waals surface area contributed by atoms with Crippen LogP contribution in [0.15, 0.2) is 64.8 Å². The molecule has 158 valence electrons. The number of rotatable bonds is 5. The molecule has 1 amide bonds. The summed E-state index contributed by atoms with van der Waals surface area (Å²) >= 11 is 1.59. The highest BCUT2D eigenvalue weighted by Crippen LogP contribution is 2.35. The Labute approximate surface area is 182 Å². The van der Waals surface area contributed by atoms with E-state index in [1.54, 1.807) is 27.9 Å². The Balaban J connectivity index is 1.52. The van der Waals surface area contributed by atoms with Crippen molar-refractivity contribution in [1.29, 1.82) is 0 Å². The first kappa shape index (κ1) is 19.4. The third kappa shape index (κ3) is 3.59. The van der Waals surface area contributed by atoms with Gasteiger partial charge in [0.1, 0.15) is 19.8 Å². The lowest BCUT2D eigenvalue weighted by Crippen LogP contribution is -2.36. The van der Waals surface area contributed by atoms with Gasteiger partial charge in [-0.1, -0.05) is 18.2 Å². The maximum Gasteiger partial charge on any atom is 0.329 e. The number of benzene rings is 2. The molecule has 0 unspecified atom stereocenters. The number of aryl methyl sites for hydroxylation is 1. The van der Waals surface area contributed by atoms with Gasteiger partial charge in [0.05, 0.1) is 17.6 Å². The second-order valence-corrected chi connectivity index (χ2v) is 8.34. The molecule has 2 aromatic carbocycles. The van der Waals surface area contributed by atoms with Crippen LogP contribution in [0.25, 0.3) is 11.0 Å². The van der Waals surface area contributed by atoms with Crippen molar-refractivity contribution in [1.82, 2.24) is 9.13 Å². The summed E-state index contributed by atoms with van der Waals surface area (Å²) in [4.78, 5) is 29.1. The van der Waals surface area contributed by atoms with Crippen LogP contribution in [0.4, 0.5) is 5.69 Å². The van der Waals surface area contributed by atoms with Gasteiger partial charge in [0.15, 0.2) is 11.5 Å². The number of ether oxygens (including phenoxy) is 2. The largest absolute Gasteiger partial charge is 0.486 e. The molecule has 8 heteroatoms. The molecule has 0 atom stereocenters. The number of para-hydroxylation sites is 2. The number of hydrogen-bond donors (Lipinski definition) is 0. The molecular formula is C23H21N3O4S. The Kier molecular flexibility index (Phi) is 4.99. The van der Waals surface area contributed by atoms with Gasteiger partial charge in [0.25, 0.3) is 0 Å². The molecular weight excluding hydrogens is 414 g/mol. The predicted molar refractivity (Wildman–Crippen MR) is 120 cm³/mol. The number of thiophene rings is 1. The van der Waals surface area contributed by atoms with Gasteiger partial charge in [0.2, 0.25) is 5.91 Å². The van der Waals surface area contributed by atoms with Crippen LogP contribution in [0.2, 0.25) is 0 Å². The second kappa shape index (κ2) is 7.96. The van der Waals surface area contributed by atoms with Crippen LogP contribution in [0.5, 0.6) is 11.5 Å². The molecule has 0 spiro atoms. The van der Waals surface area contributed by atoms with Gasteiger partial charge in [-0.15, -0.1) is 11.3 Å². The van der Waals surface area contributed by atoms with Crippen molar-refractivity contribution in [2.75, 3.05) is 18.1 Å². The van der Waals surface area contributed by atoms with Gasteiger partial charge in [-0.05, 0) is 35.7 Å². The highest BCUT2D eigenvalue weighted by Gasteiger charge is 2.22. The average molecular weight is 436 g/mol. The first-order valence-corrected chi connectivity index (χ1v) is 10.9. The van der Waals surface area contributed by atoms with Crippen molar-refractivity contribution in [2.24, 2.45) is 7.05 Å². The van der Waals surface area contributed by atoms with Crippen molar-refractivity contribution >= 4 is 34.0 Å². The van der Waals surface area contributed by atoms with E-state index in [1.165, 1.54) is 4.57 Å². The van der Waals surface area contributed by atoms with Crippen LogP contribution < -0.4 is 20.1 Å². The minimum Gasteiger partial charge on any atom is -0.486 e. The van der Waals surface area contributed by atoms with Crippen molar-refractivity contribution in [3.63, 3.8) is 0 Å². The zero-order valence-corrected chi connectivity index (χ0v) is 17.8. The number of amides is 1. The standard InChI is InChI=1S/C23H21N3O4S/c1-24-18-6-2-3-7-19(18)26(23(24)28)15-22(27)25(14-17-5-4-12-31-17)16-8-9-20-21(13-16)30-11-10-29-20/h2-9,12-13H,10-11,14-15H2,1H3. The fourth-order valence-electron chi connectivity index (χ4n) is 3.82. The second-order valence-electron chi connectivity index (χ2n) is 7.30. The lowest BCUT2D eigenvalue weighted by molar-refractivity contribution is -0.119. The van der Waals surface area contributed by atoms with Crippen LogP contribution in [-0.4, -0.2) is 28.3 Å². The zero-order chi connectivity index (χ0) is 21.4. The Morgan fingerprint density at radius 2 is 1.81 bits per heavy atom. The number of anilines is 1. The van der Waals surface area contributed by atoms with Gasteiger partial charge >= 0.3 is 5.69 Å². The quantitative estimate of drug-likeness (QED) is 0.482. The number of imidazole rings is 1. The summed E-state index contributed by atoms with van der Waals surface area (Å²) in [5.74, 6) is 1.11.